The molecule has 6 rings (SSSR count). The van der Waals surface area contributed by atoms with E-state index in [0.29, 0.717) is 38.3 Å². The Labute approximate surface area is 233 Å². The van der Waals surface area contributed by atoms with Crippen molar-refractivity contribution in [2.75, 3.05) is 43.4 Å². The van der Waals surface area contributed by atoms with Crippen molar-refractivity contribution in [2.45, 2.75) is 0 Å². The highest BCUT2D eigenvalue weighted by Crippen LogP contribution is 2.31. The predicted octanol–water partition coefficient (Wildman–Crippen LogP) is 5.71. The van der Waals surface area contributed by atoms with Crippen LogP contribution in [0.15, 0.2) is 70.3 Å². The number of nitrogens with zero attached hydrogens (tertiary/aromatic N) is 6. The number of para-hydroxylation sites is 1. The second kappa shape index (κ2) is 10.3. The molecule has 8 nitrogen and oxygen atoms in total. The number of benzene rings is 2. The molecule has 5 aromatic rings. The third-order valence-corrected chi connectivity index (χ3v) is 7.86. The molecule has 0 radical (unpaired) electrons. The Hall–Kier alpha value is -3.50. The normalized spacial score (nSPS) is 14.2. The van der Waals surface area contributed by atoms with Crippen molar-refractivity contribution in [1.82, 2.24) is 24.6 Å². The fourth-order valence-electron chi connectivity index (χ4n) is 4.47. The van der Waals surface area contributed by atoms with Gasteiger partial charge in [-0.3, -0.25) is 4.79 Å². The number of thiophene rings is 1. The zero-order valence-electron chi connectivity index (χ0n) is 20.4. The largest absolute Gasteiger partial charge is 0.369 e. The molecule has 1 N–H and O–H groups in total. The van der Waals surface area contributed by atoms with Gasteiger partial charge in [0.15, 0.2) is 0 Å². The van der Waals surface area contributed by atoms with Gasteiger partial charge in [-0.05, 0) is 54.9 Å². The first-order chi connectivity index (χ1) is 18.5. The molecule has 3 aromatic heterocycles. The van der Waals surface area contributed by atoms with Crippen molar-refractivity contribution in [3.63, 3.8) is 0 Å². The van der Waals surface area contributed by atoms with E-state index in [2.05, 4.69) is 44.4 Å². The number of halogens is 2. The van der Waals surface area contributed by atoms with Crippen molar-refractivity contribution < 1.29 is 0 Å². The molecule has 0 amide bonds. The maximum atomic E-state index is 13.5. The van der Waals surface area contributed by atoms with Gasteiger partial charge in [0.2, 0.25) is 5.95 Å². The van der Waals surface area contributed by atoms with E-state index in [1.165, 1.54) is 27.9 Å². The molecule has 11 heteroatoms. The van der Waals surface area contributed by atoms with Gasteiger partial charge in [-0.1, -0.05) is 29.3 Å². The highest BCUT2D eigenvalue weighted by molar-refractivity contribution is 7.08. The third-order valence-electron chi connectivity index (χ3n) is 6.57. The summed E-state index contributed by atoms with van der Waals surface area (Å²) in [7, 11) is 2.15. The molecule has 38 heavy (non-hydrogen) atoms. The van der Waals surface area contributed by atoms with E-state index >= 15 is 0 Å². The average Bonchev–Trinajstić information content (AvgIpc) is 3.46. The SMILES string of the molecule is CN1CCN(c2ccc(Nc3ncc4c(=O)n(-c5c(Cl)cccc5Cl)nc(-c5ccsc5)c4n3)cc2)CC1. The second-order valence-electron chi connectivity index (χ2n) is 9.07. The van der Waals surface area contributed by atoms with Crippen molar-refractivity contribution >= 4 is 62.8 Å². The van der Waals surface area contributed by atoms with E-state index in [-0.39, 0.29) is 0 Å². The van der Waals surface area contributed by atoms with Crippen LogP contribution in [0.5, 0.6) is 0 Å². The van der Waals surface area contributed by atoms with E-state index < -0.39 is 5.56 Å². The van der Waals surface area contributed by atoms with E-state index in [1.54, 1.807) is 18.2 Å². The van der Waals surface area contributed by atoms with E-state index in [1.807, 2.05) is 29.0 Å². The summed E-state index contributed by atoms with van der Waals surface area (Å²) < 4.78 is 1.23. The highest BCUT2D eigenvalue weighted by atomic mass is 35.5. The van der Waals surface area contributed by atoms with Crippen molar-refractivity contribution in [3.8, 4) is 16.9 Å². The van der Waals surface area contributed by atoms with Gasteiger partial charge in [-0.25, -0.2) is 9.97 Å². The van der Waals surface area contributed by atoms with Gasteiger partial charge in [0.25, 0.3) is 5.56 Å². The van der Waals surface area contributed by atoms with Crippen LogP contribution in [0.2, 0.25) is 10.0 Å². The Morgan fingerprint density at radius 3 is 2.39 bits per heavy atom. The first-order valence-corrected chi connectivity index (χ1v) is 13.8. The Kier molecular flexibility index (Phi) is 6.75. The van der Waals surface area contributed by atoms with Crippen LogP contribution in [0.3, 0.4) is 0 Å². The van der Waals surface area contributed by atoms with Gasteiger partial charge >= 0.3 is 0 Å². The molecule has 1 saturated heterocycles. The van der Waals surface area contributed by atoms with Crippen molar-refractivity contribution in [2.24, 2.45) is 0 Å². The summed E-state index contributed by atoms with van der Waals surface area (Å²) in [4.78, 5) is 27.4. The molecule has 0 saturated carbocycles. The molecule has 1 fully saturated rings. The molecule has 0 atom stereocenters. The first kappa shape index (κ1) is 24.8. The van der Waals surface area contributed by atoms with Crippen LogP contribution in [-0.2, 0) is 0 Å². The molecule has 0 aliphatic carbocycles. The van der Waals surface area contributed by atoms with E-state index in [0.717, 1.165) is 37.4 Å². The molecule has 0 unspecified atom stereocenters. The van der Waals surface area contributed by atoms with Gasteiger partial charge in [-0.15, -0.1) is 0 Å². The monoisotopic (exact) mass is 563 g/mol. The highest BCUT2D eigenvalue weighted by Gasteiger charge is 2.20. The first-order valence-electron chi connectivity index (χ1n) is 12.1. The van der Waals surface area contributed by atoms with Crippen LogP contribution >= 0.6 is 34.5 Å². The fourth-order valence-corrected chi connectivity index (χ4v) is 5.67. The number of aromatic nitrogens is 4. The lowest BCUT2D eigenvalue weighted by atomic mass is 10.2. The fraction of sp³-hybridized carbons (Fsp3) is 0.185. The Morgan fingerprint density at radius 1 is 0.974 bits per heavy atom. The second-order valence-corrected chi connectivity index (χ2v) is 10.7. The summed E-state index contributed by atoms with van der Waals surface area (Å²) in [5.41, 5.74) is 3.76. The number of piperazine rings is 1. The van der Waals surface area contributed by atoms with E-state index in [9.17, 15) is 4.79 Å². The average molecular weight is 565 g/mol. The maximum absolute atomic E-state index is 13.5. The van der Waals surface area contributed by atoms with Gasteiger partial charge < -0.3 is 15.1 Å². The lowest BCUT2D eigenvalue weighted by molar-refractivity contribution is 0.313. The van der Waals surface area contributed by atoms with E-state index in [4.69, 9.17) is 28.2 Å². The topological polar surface area (TPSA) is 79.2 Å². The van der Waals surface area contributed by atoms with Crippen LogP contribution in [-0.4, -0.2) is 57.9 Å². The van der Waals surface area contributed by atoms with Crippen LogP contribution in [0.1, 0.15) is 0 Å². The Balaban J connectivity index is 1.38. The number of hydrogen-bond donors (Lipinski definition) is 1. The van der Waals surface area contributed by atoms with Gasteiger partial charge in [0.1, 0.15) is 16.9 Å². The third kappa shape index (κ3) is 4.74. The van der Waals surface area contributed by atoms with Crippen molar-refractivity contribution in [3.05, 3.63) is 85.9 Å². The summed E-state index contributed by atoms with van der Waals surface area (Å²) in [6.45, 7) is 4.12. The summed E-state index contributed by atoms with van der Waals surface area (Å²) >= 11 is 14.4. The molecule has 192 valence electrons. The summed E-state index contributed by atoms with van der Waals surface area (Å²) in [5, 5.41) is 12.8. The molecule has 1 aliphatic heterocycles. The number of hydrogen-bond acceptors (Lipinski definition) is 8. The molecule has 0 bridgehead atoms. The van der Waals surface area contributed by atoms with Gasteiger partial charge in [0, 0.05) is 54.7 Å². The minimum Gasteiger partial charge on any atom is -0.369 e. The number of anilines is 3. The van der Waals surface area contributed by atoms with Crippen LogP contribution in [0, 0.1) is 0 Å². The standard InChI is InChI=1S/C27H23Cl2N7OS/c1-34-10-12-35(13-11-34)19-7-5-18(6-8-19)31-27-30-15-20-24(32-27)23(17-9-14-38-16-17)33-36(26(20)37)25-21(28)3-2-4-22(25)29/h2-9,14-16H,10-13H2,1H3,(H,30,31,32). The zero-order valence-corrected chi connectivity index (χ0v) is 22.8. The summed E-state index contributed by atoms with van der Waals surface area (Å²) in [6, 6.07) is 15.2. The molecule has 0 spiro atoms. The number of rotatable bonds is 5. The van der Waals surface area contributed by atoms with Gasteiger partial charge in [0.05, 0.1) is 15.4 Å². The smallest absolute Gasteiger partial charge is 0.282 e. The quantitative estimate of drug-likeness (QED) is 0.293. The van der Waals surface area contributed by atoms with Crippen molar-refractivity contribution in [1.29, 1.82) is 0 Å². The van der Waals surface area contributed by atoms with Crippen LogP contribution in [0.4, 0.5) is 17.3 Å². The lowest BCUT2D eigenvalue weighted by Crippen LogP contribution is -2.44. The lowest BCUT2D eigenvalue weighted by Gasteiger charge is -2.34. The minimum atomic E-state index is -0.406. The number of fused-ring (bicyclic) bond motifs is 1. The zero-order chi connectivity index (χ0) is 26.2. The molecule has 1 aliphatic rings. The van der Waals surface area contributed by atoms with Gasteiger partial charge in [-0.2, -0.15) is 21.1 Å². The summed E-state index contributed by atoms with van der Waals surface area (Å²) in [6.07, 6.45) is 1.52. The molecule has 4 heterocycles. The molecule has 2 aromatic carbocycles. The maximum Gasteiger partial charge on any atom is 0.282 e. The van der Waals surface area contributed by atoms with Crippen LogP contribution < -0.4 is 15.8 Å². The minimum absolute atomic E-state index is 0.313. The molecular weight excluding hydrogens is 541 g/mol. The Morgan fingerprint density at radius 2 is 1.71 bits per heavy atom. The summed E-state index contributed by atoms with van der Waals surface area (Å²) in [5.74, 6) is 0.371. The number of likely N-dealkylation sites (N-methyl/N-ethyl adjacent to an activating group) is 1. The predicted molar refractivity (Wildman–Crippen MR) is 156 cm³/mol. The molecular formula is C27H23Cl2N7OS. The number of nitrogens with one attached hydrogen (secondary N) is 1. The Bertz CT molecular complexity index is 1640. The van der Waals surface area contributed by atoms with Crippen LogP contribution in [0.25, 0.3) is 27.8 Å².